The van der Waals surface area contributed by atoms with E-state index in [0.717, 1.165) is 61.2 Å². The van der Waals surface area contributed by atoms with Crippen molar-refractivity contribution in [3.63, 3.8) is 0 Å². The van der Waals surface area contributed by atoms with Crippen LogP contribution in [0.3, 0.4) is 0 Å². The first-order chi connectivity index (χ1) is 42.0. The number of ether oxygens (including phenoxy) is 8. The average molecular weight is 1390 g/mol. The first-order valence-corrected chi connectivity index (χ1v) is 33.5. The van der Waals surface area contributed by atoms with Gasteiger partial charge in [0.25, 0.3) is 0 Å². The maximum Gasteiger partial charge on any atom is 2.00 e. The van der Waals surface area contributed by atoms with Crippen LogP contribution in [0.5, 0.6) is 0 Å². The molecule has 20 nitrogen and oxygen atoms in total. The van der Waals surface area contributed by atoms with Crippen LogP contribution in [0.1, 0.15) is 94.0 Å². The van der Waals surface area contributed by atoms with Crippen molar-refractivity contribution >= 4 is 103 Å². The molecule has 8 fully saturated rings. The topological polar surface area (TPSA) is 197 Å². The first kappa shape index (κ1) is 69.3. The fraction of sp³-hybridized carbons (Fsp3) is 0.477. The van der Waals surface area contributed by atoms with E-state index in [9.17, 15) is 0 Å². The number of nitrogens with zero attached hydrogens (tertiary/aromatic N) is 12. The summed E-state index contributed by atoms with van der Waals surface area (Å²) in [6.45, 7) is 37.5. The summed E-state index contributed by atoms with van der Waals surface area (Å²) in [6.07, 6.45) is 22.4. The SMILES string of the molecule is C=CC1S[C@@H](n2ccc3c(C)ncnc32)[C@@H]2OC(C)(C)O[C@H]12.C=CC1S[C@@H](n2ccc3c(Cl)ncnc32)[C@@H]2OC(C)(C)O[C@H]12.C=C[C@@H]1S[C@@H](n2ccc3c(C)ncnc32)[C@@H]2OC(C)(C)O[C@@H]21.C=C[C@H]1S[C@@H](n2ccc3c(C)ncnc32)[C@@H]2OC(C)(C)O[C@@H]21.[CH3-].[CH3-].[Zn+2]. The molecular weight excluding hydrogens is 1310 g/mol. The Balaban J connectivity index is 0.000000132. The van der Waals surface area contributed by atoms with E-state index in [1.54, 1.807) is 30.7 Å². The fourth-order valence-corrected chi connectivity index (χ4v) is 19.2. The smallest absolute Gasteiger partial charge is 0.358 e. The van der Waals surface area contributed by atoms with Crippen molar-refractivity contribution in [1.29, 1.82) is 0 Å². The third kappa shape index (κ3) is 12.8. The second-order valence-corrected chi connectivity index (χ2v) is 30.1. The van der Waals surface area contributed by atoms with Crippen LogP contribution in [0, 0.1) is 35.6 Å². The second-order valence-electron chi connectivity index (χ2n) is 24.5. The Morgan fingerprint density at radius 1 is 0.374 bits per heavy atom. The van der Waals surface area contributed by atoms with E-state index in [1.165, 1.54) is 6.33 Å². The number of fused-ring (bicyclic) bond motifs is 8. The van der Waals surface area contributed by atoms with Crippen LogP contribution in [0.15, 0.2) is 125 Å². The van der Waals surface area contributed by atoms with Crippen LogP contribution in [0.2, 0.25) is 5.15 Å². The third-order valence-corrected chi connectivity index (χ3v) is 23.4. The molecule has 8 aliphatic heterocycles. The normalized spacial score (nSPS) is 32.1. The van der Waals surface area contributed by atoms with Gasteiger partial charge in [0.2, 0.25) is 0 Å². The Kier molecular flexibility index (Phi) is 20.2. The van der Waals surface area contributed by atoms with Crippen molar-refractivity contribution in [2.24, 2.45) is 0 Å². The van der Waals surface area contributed by atoms with Crippen molar-refractivity contribution in [1.82, 2.24) is 58.1 Å². The van der Waals surface area contributed by atoms with Gasteiger partial charge in [-0.25, -0.2) is 39.9 Å². The molecule has 0 N–H and O–H groups in total. The molecule has 480 valence electrons. The van der Waals surface area contributed by atoms with Crippen molar-refractivity contribution in [3.8, 4) is 0 Å². The molecule has 0 bridgehead atoms. The second kappa shape index (κ2) is 26.6. The van der Waals surface area contributed by atoms with Crippen molar-refractivity contribution in [3.05, 3.63) is 162 Å². The predicted molar refractivity (Wildman–Crippen MR) is 360 cm³/mol. The molecule has 0 spiro atoms. The maximum atomic E-state index is 6.17. The molecular formula is C65H79ClN12O8S4Zn. The molecule has 8 aliphatic rings. The Morgan fingerprint density at radius 2 is 0.593 bits per heavy atom. The molecule has 91 heavy (non-hydrogen) atoms. The van der Waals surface area contributed by atoms with Gasteiger partial charge < -0.3 is 71.0 Å². The summed E-state index contributed by atoms with van der Waals surface area (Å²) >= 11 is 13.4. The summed E-state index contributed by atoms with van der Waals surface area (Å²) in [4.78, 5) is 34.6. The van der Waals surface area contributed by atoms with E-state index in [0.29, 0.717) is 5.15 Å². The molecule has 26 heteroatoms. The van der Waals surface area contributed by atoms with E-state index >= 15 is 0 Å². The van der Waals surface area contributed by atoms with Gasteiger partial charge in [0.15, 0.2) is 23.1 Å². The van der Waals surface area contributed by atoms with E-state index in [1.807, 2.05) is 148 Å². The Bertz CT molecular complexity index is 3490. The van der Waals surface area contributed by atoms with Gasteiger partial charge in [0.05, 0.1) is 43.5 Å². The number of thioether (sulfide) groups is 4. The molecule has 0 aliphatic carbocycles. The Morgan fingerprint density at radius 3 is 0.846 bits per heavy atom. The quantitative estimate of drug-likeness (QED) is 0.0602. The third-order valence-electron chi connectivity index (χ3n) is 16.9. The van der Waals surface area contributed by atoms with Gasteiger partial charge in [-0.1, -0.05) is 35.9 Å². The average Bonchev–Trinajstić information content (AvgIpc) is 1.62. The van der Waals surface area contributed by atoms with Gasteiger partial charge in [-0.2, -0.15) is 0 Å². The van der Waals surface area contributed by atoms with E-state index in [2.05, 4.69) is 121 Å². The summed E-state index contributed by atoms with van der Waals surface area (Å²) in [5, 5.41) is 5.86. The molecule has 8 saturated heterocycles. The minimum Gasteiger partial charge on any atom is -0.358 e. The van der Waals surface area contributed by atoms with E-state index in [-0.39, 0.29) is 126 Å². The number of halogens is 1. The molecule has 8 aromatic rings. The number of aromatic nitrogens is 12. The predicted octanol–water partition coefficient (Wildman–Crippen LogP) is 13.5. The van der Waals surface area contributed by atoms with Crippen LogP contribution < -0.4 is 0 Å². The monoisotopic (exact) mass is 1380 g/mol. The van der Waals surface area contributed by atoms with Gasteiger partial charge >= 0.3 is 19.5 Å². The molecule has 0 radical (unpaired) electrons. The summed E-state index contributed by atoms with van der Waals surface area (Å²) < 4.78 is 57.6. The molecule has 8 aromatic heterocycles. The summed E-state index contributed by atoms with van der Waals surface area (Å²) in [6, 6.07) is 8.16. The molecule has 0 amide bonds. The van der Waals surface area contributed by atoms with Gasteiger partial charge in [0, 0.05) is 40.9 Å². The largest absolute Gasteiger partial charge is 2.00 e. The molecule has 0 aromatic carbocycles. The first-order valence-electron chi connectivity index (χ1n) is 29.4. The maximum absolute atomic E-state index is 6.17. The molecule has 2 unspecified atom stereocenters. The summed E-state index contributed by atoms with van der Waals surface area (Å²) in [5.41, 5.74) is 6.63. The van der Waals surface area contributed by atoms with Crippen LogP contribution >= 0.6 is 58.6 Å². The van der Waals surface area contributed by atoms with Crippen molar-refractivity contribution in [2.75, 3.05) is 0 Å². The van der Waals surface area contributed by atoms with Crippen LogP contribution in [0.25, 0.3) is 44.1 Å². The molecule has 16 heterocycles. The zero-order valence-electron chi connectivity index (χ0n) is 53.7. The Labute approximate surface area is 567 Å². The summed E-state index contributed by atoms with van der Waals surface area (Å²) in [5.74, 6) is -2.23. The van der Waals surface area contributed by atoms with Gasteiger partial charge in [-0.15, -0.1) is 73.4 Å². The number of aryl methyl sites for hydroxylation is 3. The molecule has 16 atom stereocenters. The van der Waals surface area contributed by atoms with Crippen molar-refractivity contribution in [2.45, 2.75) is 191 Å². The number of hydrogen-bond acceptors (Lipinski definition) is 20. The van der Waals surface area contributed by atoms with E-state index < -0.39 is 23.1 Å². The van der Waals surface area contributed by atoms with Gasteiger partial charge in [0.1, 0.15) is 123 Å². The standard InChI is InChI=1S/3C16H19N3O2S.C15H16ClN3O2S.2CH3.Zn/c3*1-5-11-12-13(21-16(3,4)20-12)15(22-11)19-7-6-10-9(2)17-8-18-14(10)19;1-4-9-10-11(21-15(2,3)20-10)14(22-9)19-6-5-8-12(16)17-7-18-13(8)19;;;/h3*5-8,11-13,15H,1H2,2-4H3;4-7,9-11,14H,1H2,2-3H3;2*1H3;/q;;;;2*-1;+2/t11?,12-,13-,15-;11-,12+,13+,15+;11-,12-,13-,15-;9?,10-,11-,14-;;;/m1011.../s1. The van der Waals surface area contributed by atoms with E-state index in [4.69, 9.17) is 49.5 Å². The van der Waals surface area contributed by atoms with Crippen molar-refractivity contribution < 1.29 is 57.4 Å². The number of rotatable bonds is 8. The minimum absolute atomic E-state index is 0. The zero-order chi connectivity index (χ0) is 61.9. The van der Waals surface area contributed by atoms with Crippen LogP contribution in [-0.4, -0.2) is 151 Å². The summed E-state index contributed by atoms with van der Waals surface area (Å²) in [7, 11) is 0. The van der Waals surface area contributed by atoms with Crippen LogP contribution in [0.4, 0.5) is 0 Å². The molecule has 0 saturated carbocycles. The number of hydrogen-bond donors (Lipinski definition) is 0. The fourth-order valence-electron chi connectivity index (χ4n) is 13.1. The van der Waals surface area contributed by atoms with Crippen LogP contribution in [-0.2, 0) is 57.4 Å². The zero-order valence-corrected chi connectivity index (χ0v) is 60.6. The van der Waals surface area contributed by atoms with Gasteiger partial charge in [-0.3, -0.25) is 0 Å². The van der Waals surface area contributed by atoms with Gasteiger partial charge in [-0.05, 0) is 100 Å². The minimum atomic E-state index is -0.578. The molecule has 16 rings (SSSR count). The Hall–Kier alpha value is -4.57.